The minimum absolute atomic E-state index is 0.584. The molecule has 8 aromatic carbocycles. The summed E-state index contributed by atoms with van der Waals surface area (Å²) in [6.45, 7) is 4.63. The molecule has 2 heterocycles. The molecule has 300 valence electrons. The molecule has 0 N–H and O–H groups in total. The zero-order valence-electron chi connectivity index (χ0n) is 35.7. The molecular formula is C61H41N3. The van der Waals surface area contributed by atoms with Crippen molar-refractivity contribution < 1.29 is 0 Å². The Morgan fingerprint density at radius 2 is 1.11 bits per heavy atom. The molecule has 0 bridgehead atoms. The van der Waals surface area contributed by atoms with Crippen LogP contribution in [0.5, 0.6) is 0 Å². The summed E-state index contributed by atoms with van der Waals surface area (Å²) in [6.07, 6.45) is 5.17. The number of nitriles is 1. The van der Waals surface area contributed by atoms with Gasteiger partial charge in [0.2, 0.25) is 0 Å². The number of pyridine rings is 2. The first-order valence-corrected chi connectivity index (χ1v) is 22.4. The number of allylic oxidation sites excluding steroid dienone is 1. The predicted molar refractivity (Wildman–Crippen MR) is 262 cm³/mol. The van der Waals surface area contributed by atoms with E-state index in [0.717, 1.165) is 53.0 Å². The van der Waals surface area contributed by atoms with E-state index >= 15 is 0 Å². The number of aryl methyl sites for hydroxylation is 3. The maximum Gasteiger partial charge on any atom is 0.0991 e. The summed E-state index contributed by atoms with van der Waals surface area (Å²) in [5.74, 6) is 0. The summed E-state index contributed by atoms with van der Waals surface area (Å²) < 4.78 is 0. The Labute approximate surface area is 372 Å². The van der Waals surface area contributed by atoms with E-state index in [2.05, 4.69) is 190 Å². The largest absolute Gasteiger partial charge is 0.247 e. The van der Waals surface area contributed by atoms with Crippen LogP contribution in [-0.4, -0.2) is 9.97 Å². The first kappa shape index (κ1) is 36.7. The van der Waals surface area contributed by atoms with E-state index < -0.39 is 5.41 Å². The van der Waals surface area contributed by atoms with Crippen molar-refractivity contribution in [2.24, 2.45) is 0 Å². The molecule has 2 aromatic heterocycles. The Morgan fingerprint density at radius 3 is 1.78 bits per heavy atom. The smallest absolute Gasteiger partial charge is 0.0991 e. The van der Waals surface area contributed by atoms with Gasteiger partial charge in [-0.15, -0.1) is 0 Å². The number of aromatic nitrogens is 2. The van der Waals surface area contributed by atoms with Gasteiger partial charge in [0.15, 0.2) is 0 Å². The van der Waals surface area contributed by atoms with Crippen LogP contribution >= 0.6 is 0 Å². The molecule has 0 atom stereocenters. The van der Waals surface area contributed by atoms with Gasteiger partial charge in [-0.2, -0.15) is 5.26 Å². The van der Waals surface area contributed by atoms with Gasteiger partial charge in [0, 0.05) is 27.3 Å². The normalized spacial score (nSPS) is 14.1. The van der Waals surface area contributed by atoms with E-state index in [0.29, 0.717) is 5.56 Å². The molecule has 3 nitrogen and oxygen atoms in total. The lowest BCUT2D eigenvalue weighted by Crippen LogP contribution is -2.28. The van der Waals surface area contributed by atoms with Gasteiger partial charge in [-0.1, -0.05) is 146 Å². The van der Waals surface area contributed by atoms with Crippen molar-refractivity contribution in [1.82, 2.24) is 9.97 Å². The zero-order valence-corrected chi connectivity index (χ0v) is 35.7. The molecule has 13 rings (SSSR count). The number of fused-ring (bicyclic) bond motifs is 11. The van der Waals surface area contributed by atoms with Gasteiger partial charge in [-0.05, 0) is 147 Å². The molecule has 3 aliphatic carbocycles. The molecule has 0 aliphatic heterocycles. The van der Waals surface area contributed by atoms with E-state index in [1.165, 1.54) is 99.3 Å². The Morgan fingerprint density at radius 1 is 0.516 bits per heavy atom. The molecule has 10 aromatic rings. The second kappa shape index (κ2) is 13.8. The fraction of sp³-hybridized carbons (Fsp3) is 0.0984. The molecule has 0 saturated carbocycles. The third kappa shape index (κ3) is 5.08. The lowest BCUT2D eigenvalue weighted by molar-refractivity contribution is 0.767. The lowest BCUT2D eigenvalue weighted by Gasteiger charge is -2.34. The van der Waals surface area contributed by atoms with Crippen LogP contribution in [0.1, 0.15) is 73.3 Å². The van der Waals surface area contributed by atoms with Crippen LogP contribution in [0.3, 0.4) is 0 Å². The number of benzene rings is 8. The van der Waals surface area contributed by atoms with E-state index in [4.69, 9.17) is 9.97 Å². The first-order valence-electron chi connectivity index (χ1n) is 22.4. The second-order valence-electron chi connectivity index (χ2n) is 17.8. The number of hydrogen-bond donors (Lipinski definition) is 0. The molecule has 0 radical (unpaired) electrons. The van der Waals surface area contributed by atoms with E-state index in [-0.39, 0.29) is 0 Å². The molecule has 3 aliphatic rings. The summed E-state index contributed by atoms with van der Waals surface area (Å²) in [5, 5.41) is 16.4. The quantitative estimate of drug-likeness (QED) is 0.128. The molecule has 64 heavy (non-hydrogen) atoms. The van der Waals surface area contributed by atoms with E-state index in [9.17, 15) is 5.26 Å². The average Bonchev–Trinajstić information content (AvgIpc) is 4.11. The van der Waals surface area contributed by atoms with Gasteiger partial charge >= 0.3 is 0 Å². The van der Waals surface area contributed by atoms with Gasteiger partial charge in [-0.25, -0.2) is 9.97 Å². The molecular weight excluding hydrogens is 775 g/mol. The van der Waals surface area contributed by atoms with Crippen LogP contribution in [0.4, 0.5) is 0 Å². The van der Waals surface area contributed by atoms with Crippen molar-refractivity contribution in [2.45, 2.75) is 38.5 Å². The SMILES string of the molecule is Cc1c2c3c(nc(-c4ccccc4)c2c(C)c2c1c(-c1ccccc1)nc1ccccc12)C=C(c1cc2c(c4c1C4)-c1ccc(C#N)cc1C2(c1ccccc1)c1ccccc1)CC3. The van der Waals surface area contributed by atoms with Crippen molar-refractivity contribution in [3.63, 3.8) is 0 Å². The summed E-state index contributed by atoms with van der Waals surface area (Å²) in [6, 6.07) is 63.3. The molecule has 0 amide bonds. The number of para-hydroxylation sites is 1. The highest BCUT2D eigenvalue weighted by Gasteiger charge is 2.49. The minimum Gasteiger partial charge on any atom is -0.247 e. The third-order valence-electron chi connectivity index (χ3n) is 14.5. The van der Waals surface area contributed by atoms with Crippen molar-refractivity contribution in [3.8, 4) is 39.7 Å². The highest BCUT2D eigenvalue weighted by atomic mass is 14.7. The predicted octanol–water partition coefficient (Wildman–Crippen LogP) is 14.5. The van der Waals surface area contributed by atoms with Crippen molar-refractivity contribution in [1.29, 1.82) is 5.26 Å². The van der Waals surface area contributed by atoms with Crippen molar-refractivity contribution >= 4 is 44.1 Å². The minimum atomic E-state index is -0.584. The zero-order chi connectivity index (χ0) is 42.7. The van der Waals surface area contributed by atoms with Crippen LogP contribution in [0, 0.1) is 25.2 Å². The fourth-order valence-corrected chi connectivity index (χ4v) is 11.8. The first-order chi connectivity index (χ1) is 31.5. The molecule has 0 unspecified atom stereocenters. The Kier molecular flexibility index (Phi) is 7.90. The second-order valence-corrected chi connectivity index (χ2v) is 17.8. The van der Waals surface area contributed by atoms with Gasteiger partial charge in [-0.3, -0.25) is 0 Å². The van der Waals surface area contributed by atoms with Crippen LogP contribution < -0.4 is 0 Å². The van der Waals surface area contributed by atoms with Gasteiger partial charge in [0.1, 0.15) is 0 Å². The van der Waals surface area contributed by atoms with Crippen molar-refractivity contribution in [2.75, 3.05) is 0 Å². The standard InChI is InChI=1S/C61H41N3/c1-36-54-45-25-15-16-26-52(45)63-59(39-17-7-3-8-18-39)56(54)37(2)55-46-30-28-41(32-53(46)64-60(57(36)55)40-19-9-4-10-20-40)47-34-51-58(49-33-48(47)49)44-29-27-38(35-62)31-50(44)61(51,42-21-11-5-12-22-42)43-23-13-6-14-24-43/h3-27,29,31-32,34H,28,30,33H2,1-2H3. The van der Waals surface area contributed by atoms with Gasteiger partial charge < -0.3 is 0 Å². The van der Waals surface area contributed by atoms with Crippen LogP contribution in [0.2, 0.25) is 0 Å². The number of nitrogens with zero attached hydrogens (tertiary/aromatic N) is 3. The monoisotopic (exact) mass is 815 g/mol. The average molecular weight is 816 g/mol. The summed E-state index contributed by atoms with van der Waals surface area (Å²) in [4.78, 5) is 11.1. The highest BCUT2D eigenvalue weighted by Crippen LogP contribution is 2.61. The molecule has 0 spiro atoms. The van der Waals surface area contributed by atoms with Crippen LogP contribution in [-0.2, 0) is 18.3 Å². The number of hydrogen-bond acceptors (Lipinski definition) is 3. The maximum absolute atomic E-state index is 10.2. The van der Waals surface area contributed by atoms with Crippen LogP contribution in [0.25, 0.3) is 77.7 Å². The Balaban J connectivity index is 1.09. The summed E-state index contributed by atoms with van der Waals surface area (Å²) in [7, 11) is 0. The van der Waals surface area contributed by atoms with Gasteiger partial charge in [0.25, 0.3) is 0 Å². The topological polar surface area (TPSA) is 49.6 Å². The molecule has 0 fully saturated rings. The summed E-state index contributed by atoms with van der Waals surface area (Å²) in [5.41, 5.74) is 23.3. The Hall–Kier alpha value is -7.93. The number of rotatable bonds is 5. The van der Waals surface area contributed by atoms with Crippen molar-refractivity contribution in [3.05, 3.63) is 237 Å². The summed E-state index contributed by atoms with van der Waals surface area (Å²) >= 11 is 0. The Bertz CT molecular complexity index is 3650. The van der Waals surface area contributed by atoms with E-state index in [1.807, 2.05) is 6.07 Å². The third-order valence-corrected chi connectivity index (χ3v) is 14.5. The van der Waals surface area contributed by atoms with Gasteiger partial charge in [0.05, 0.1) is 39.6 Å². The van der Waals surface area contributed by atoms with Crippen LogP contribution in [0.15, 0.2) is 170 Å². The van der Waals surface area contributed by atoms with E-state index in [1.54, 1.807) is 0 Å². The fourth-order valence-electron chi connectivity index (χ4n) is 11.8. The molecule has 0 saturated heterocycles. The maximum atomic E-state index is 10.2. The lowest BCUT2D eigenvalue weighted by atomic mass is 9.67. The molecule has 3 heteroatoms. The highest BCUT2D eigenvalue weighted by molar-refractivity contribution is 6.22.